The Morgan fingerprint density at radius 3 is 2.16 bits per heavy atom. The highest BCUT2D eigenvalue weighted by Crippen LogP contribution is 2.44. The van der Waals surface area contributed by atoms with Crippen molar-refractivity contribution in [3.63, 3.8) is 0 Å². The summed E-state index contributed by atoms with van der Waals surface area (Å²) in [6, 6.07) is 15.0. The van der Waals surface area contributed by atoms with Crippen LogP contribution in [0.3, 0.4) is 0 Å². The van der Waals surface area contributed by atoms with Crippen LogP contribution >= 0.6 is 0 Å². The fourth-order valence-corrected chi connectivity index (χ4v) is 3.70. The highest BCUT2D eigenvalue weighted by Gasteiger charge is 2.30. The van der Waals surface area contributed by atoms with Gasteiger partial charge >= 0.3 is 12.1 Å². The van der Waals surface area contributed by atoms with Gasteiger partial charge in [0.15, 0.2) is 5.78 Å². The first-order valence-corrected chi connectivity index (χ1v) is 10.3. The first kappa shape index (κ1) is 22.2. The standard InChI is InChI=1S/C24H26N2O5/c1-15(2)31-23(28)22(12-11-16(27)13-25)26-24(29)30-14-21-19-9-5-3-7-17(19)18-8-4-6-10-20(18)21/h3-10,13,15,21-22,25H,11-12,14H2,1-2H3,(H,26,29)/t22-/m0/s1. The van der Waals surface area contributed by atoms with E-state index in [1.165, 1.54) is 0 Å². The SMILES string of the molecule is CC(C)OC(=O)[C@H](CCC(=O)C=N)NC(=O)OCC1c2ccccc2-c2ccccc21. The molecule has 2 aromatic carbocycles. The number of Topliss-reactive ketones (excluding diaryl/α,β-unsaturated/α-hetero) is 1. The zero-order chi connectivity index (χ0) is 22.4. The molecule has 1 aliphatic rings. The van der Waals surface area contributed by atoms with Crippen molar-refractivity contribution >= 4 is 24.1 Å². The van der Waals surface area contributed by atoms with Gasteiger partial charge in [-0.15, -0.1) is 0 Å². The lowest BCUT2D eigenvalue weighted by Gasteiger charge is -2.20. The van der Waals surface area contributed by atoms with E-state index >= 15 is 0 Å². The topological polar surface area (TPSA) is 106 Å². The monoisotopic (exact) mass is 422 g/mol. The smallest absolute Gasteiger partial charge is 0.407 e. The Morgan fingerprint density at radius 1 is 1.03 bits per heavy atom. The summed E-state index contributed by atoms with van der Waals surface area (Å²) in [4.78, 5) is 36.2. The molecular weight excluding hydrogens is 396 g/mol. The number of ketones is 1. The van der Waals surface area contributed by atoms with E-state index in [1.807, 2.05) is 48.5 Å². The van der Waals surface area contributed by atoms with Gasteiger partial charge in [-0.1, -0.05) is 48.5 Å². The Balaban J connectivity index is 1.66. The van der Waals surface area contributed by atoms with Crippen molar-refractivity contribution in [2.45, 2.75) is 44.8 Å². The molecule has 0 unspecified atom stereocenters. The number of hydrogen-bond donors (Lipinski definition) is 2. The third-order valence-electron chi connectivity index (χ3n) is 5.11. The van der Waals surface area contributed by atoms with Crippen molar-refractivity contribution in [1.29, 1.82) is 5.41 Å². The number of ether oxygens (including phenoxy) is 2. The van der Waals surface area contributed by atoms with Gasteiger partial charge in [-0.3, -0.25) is 4.79 Å². The summed E-state index contributed by atoms with van der Waals surface area (Å²) in [6.07, 6.45) is -0.444. The van der Waals surface area contributed by atoms with Gasteiger partial charge in [0.2, 0.25) is 0 Å². The average molecular weight is 422 g/mol. The number of benzene rings is 2. The minimum atomic E-state index is -1.03. The predicted octanol–water partition coefficient (Wildman–Crippen LogP) is 3.84. The zero-order valence-electron chi connectivity index (χ0n) is 17.6. The quantitative estimate of drug-likeness (QED) is 0.472. The summed E-state index contributed by atoms with van der Waals surface area (Å²) in [6.45, 7) is 3.52. The van der Waals surface area contributed by atoms with Crippen LogP contribution in [0.15, 0.2) is 48.5 Å². The molecule has 3 rings (SSSR count). The van der Waals surface area contributed by atoms with E-state index in [0.717, 1.165) is 22.3 Å². The second-order valence-electron chi connectivity index (χ2n) is 7.66. The van der Waals surface area contributed by atoms with E-state index in [4.69, 9.17) is 14.9 Å². The molecule has 2 N–H and O–H groups in total. The average Bonchev–Trinajstić information content (AvgIpc) is 3.08. The lowest BCUT2D eigenvalue weighted by atomic mass is 9.98. The molecule has 7 nitrogen and oxygen atoms in total. The summed E-state index contributed by atoms with van der Waals surface area (Å²) in [5.41, 5.74) is 4.42. The molecule has 7 heteroatoms. The van der Waals surface area contributed by atoms with Crippen LogP contribution in [0.25, 0.3) is 11.1 Å². The Labute approximate surface area is 181 Å². The molecule has 31 heavy (non-hydrogen) atoms. The van der Waals surface area contributed by atoms with E-state index in [9.17, 15) is 14.4 Å². The lowest BCUT2D eigenvalue weighted by molar-refractivity contribution is -0.150. The Hall–Kier alpha value is -3.48. The molecule has 1 atom stereocenters. The van der Waals surface area contributed by atoms with Gasteiger partial charge in [0.1, 0.15) is 12.6 Å². The number of fused-ring (bicyclic) bond motifs is 3. The van der Waals surface area contributed by atoms with Crippen LogP contribution in [0.1, 0.15) is 43.7 Å². The number of amides is 1. The highest BCUT2D eigenvalue weighted by atomic mass is 16.6. The molecule has 0 saturated carbocycles. The van der Waals surface area contributed by atoms with E-state index in [0.29, 0.717) is 6.21 Å². The molecule has 2 aromatic rings. The summed E-state index contributed by atoms with van der Waals surface area (Å²) < 4.78 is 10.6. The molecule has 0 bridgehead atoms. The van der Waals surface area contributed by atoms with Gasteiger partial charge in [0.25, 0.3) is 0 Å². The third kappa shape index (κ3) is 5.36. The van der Waals surface area contributed by atoms with Crippen molar-refractivity contribution in [3.8, 4) is 11.1 Å². The lowest BCUT2D eigenvalue weighted by Crippen LogP contribution is -2.43. The van der Waals surface area contributed by atoms with Crippen LogP contribution in [0.4, 0.5) is 4.79 Å². The molecule has 0 heterocycles. The minimum Gasteiger partial charge on any atom is -0.461 e. The first-order valence-electron chi connectivity index (χ1n) is 10.3. The third-order valence-corrected chi connectivity index (χ3v) is 5.11. The molecule has 1 aliphatic carbocycles. The molecular formula is C24H26N2O5. The summed E-state index contributed by atoms with van der Waals surface area (Å²) in [5.74, 6) is -1.17. The van der Waals surface area contributed by atoms with E-state index in [2.05, 4.69) is 5.32 Å². The molecule has 0 saturated heterocycles. The first-order chi connectivity index (χ1) is 14.9. The van der Waals surface area contributed by atoms with Gasteiger partial charge in [-0.25, -0.2) is 9.59 Å². The van der Waals surface area contributed by atoms with Crippen molar-refractivity contribution in [2.24, 2.45) is 0 Å². The van der Waals surface area contributed by atoms with Crippen LogP contribution in [0, 0.1) is 5.41 Å². The number of nitrogens with one attached hydrogen (secondary N) is 2. The molecule has 0 aliphatic heterocycles. The van der Waals surface area contributed by atoms with Crippen LogP contribution < -0.4 is 5.32 Å². The largest absolute Gasteiger partial charge is 0.461 e. The van der Waals surface area contributed by atoms with E-state index in [-0.39, 0.29) is 31.5 Å². The summed E-state index contributed by atoms with van der Waals surface area (Å²) in [7, 11) is 0. The van der Waals surface area contributed by atoms with E-state index in [1.54, 1.807) is 13.8 Å². The maximum Gasteiger partial charge on any atom is 0.407 e. The highest BCUT2D eigenvalue weighted by molar-refractivity contribution is 6.26. The van der Waals surface area contributed by atoms with Crippen molar-refractivity contribution in [3.05, 3.63) is 59.7 Å². The van der Waals surface area contributed by atoms with Gasteiger partial charge in [-0.2, -0.15) is 0 Å². The Kier molecular flexibility index (Phi) is 7.18. The Bertz CT molecular complexity index is 940. The van der Waals surface area contributed by atoms with Gasteiger partial charge < -0.3 is 20.2 Å². The number of esters is 1. The summed E-state index contributed by atoms with van der Waals surface area (Å²) >= 11 is 0. The predicted molar refractivity (Wildman–Crippen MR) is 116 cm³/mol. The maximum absolute atomic E-state index is 12.5. The zero-order valence-corrected chi connectivity index (χ0v) is 17.6. The molecule has 0 fully saturated rings. The number of alkyl carbamates (subject to hydrolysis) is 1. The number of carbonyl (C=O) groups excluding carboxylic acids is 3. The number of carbonyl (C=O) groups is 3. The van der Waals surface area contributed by atoms with Gasteiger partial charge in [-0.05, 0) is 42.5 Å². The molecule has 0 aromatic heterocycles. The van der Waals surface area contributed by atoms with Crippen LogP contribution in [0.5, 0.6) is 0 Å². The van der Waals surface area contributed by atoms with Crippen molar-refractivity contribution < 1.29 is 23.9 Å². The van der Waals surface area contributed by atoms with E-state index < -0.39 is 23.9 Å². The molecule has 0 radical (unpaired) electrons. The van der Waals surface area contributed by atoms with Crippen molar-refractivity contribution in [1.82, 2.24) is 5.32 Å². The maximum atomic E-state index is 12.5. The van der Waals surface area contributed by atoms with Crippen LogP contribution in [0.2, 0.25) is 0 Å². The second kappa shape index (κ2) is 10.0. The molecule has 1 amide bonds. The molecule has 0 spiro atoms. The Morgan fingerprint density at radius 2 is 1.61 bits per heavy atom. The van der Waals surface area contributed by atoms with Crippen LogP contribution in [-0.4, -0.2) is 42.8 Å². The fourth-order valence-electron chi connectivity index (χ4n) is 3.70. The molecule has 162 valence electrons. The number of rotatable bonds is 9. The number of hydrogen-bond acceptors (Lipinski definition) is 6. The van der Waals surface area contributed by atoms with Gasteiger partial charge in [0.05, 0.1) is 12.3 Å². The second-order valence-corrected chi connectivity index (χ2v) is 7.66. The normalized spacial score (nSPS) is 13.1. The van der Waals surface area contributed by atoms with Crippen molar-refractivity contribution in [2.75, 3.05) is 6.61 Å². The minimum absolute atomic E-state index is 0.0317. The van der Waals surface area contributed by atoms with Gasteiger partial charge in [0, 0.05) is 12.3 Å². The van der Waals surface area contributed by atoms with Crippen LogP contribution in [-0.2, 0) is 19.1 Å². The fraction of sp³-hybridized carbons (Fsp3) is 0.333. The summed E-state index contributed by atoms with van der Waals surface area (Å²) in [5, 5.41) is 9.50.